The number of phenols is 1. The molecule has 4 heterocycles. The molecule has 0 radical (unpaired) electrons. The number of fused-ring (bicyclic) bond motifs is 3. The fourth-order valence-corrected chi connectivity index (χ4v) is 5.39. The first kappa shape index (κ1) is 20.0. The Morgan fingerprint density at radius 1 is 1.19 bits per heavy atom. The molecule has 2 saturated heterocycles. The highest BCUT2D eigenvalue weighted by atomic mass is 19.1. The van der Waals surface area contributed by atoms with E-state index in [-0.39, 0.29) is 17.2 Å². The molecule has 2 fully saturated rings. The summed E-state index contributed by atoms with van der Waals surface area (Å²) >= 11 is 0. The van der Waals surface area contributed by atoms with Crippen molar-refractivity contribution in [1.82, 2.24) is 25.5 Å². The quantitative estimate of drug-likeness (QED) is 0.652. The first-order valence-corrected chi connectivity index (χ1v) is 10.7. The SMILES string of the molecule is C=C(c1cnc(-c2cc3ccncc3cc2O)nn1)C1C[C@@]2(C)CCC[C@](C)(N2)[C@H]1F. The topological polar surface area (TPSA) is 83.8 Å². The Morgan fingerprint density at radius 3 is 2.81 bits per heavy atom. The van der Waals surface area contributed by atoms with Crippen molar-refractivity contribution in [3.8, 4) is 17.1 Å². The third-order valence-corrected chi connectivity index (χ3v) is 6.98. The van der Waals surface area contributed by atoms with E-state index in [0.717, 1.165) is 30.0 Å². The van der Waals surface area contributed by atoms with Gasteiger partial charge in [-0.05, 0) is 68.7 Å². The summed E-state index contributed by atoms with van der Waals surface area (Å²) in [5, 5.41) is 24.2. The molecule has 31 heavy (non-hydrogen) atoms. The summed E-state index contributed by atoms with van der Waals surface area (Å²) in [6, 6.07) is 5.31. The molecule has 2 aromatic heterocycles. The van der Waals surface area contributed by atoms with E-state index in [1.54, 1.807) is 24.7 Å². The fraction of sp³-hybridized carbons (Fsp3) is 0.417. The highest BCUT2D eigenvalue weighted by Crippen LogP contribution is 2.47. The van der Waals surface area contributed by atoms with Gasteiger partial charge in [-0.3, -0.25) is 4.98 Å². The van der Waals surface area contributed by atoms with Crippen LogP contribution >= 0.6 is 0 Å². The van der Waals surface area contributed by atoms with Gasteiger partial charge in [-0.2, -0.15) is 0 Å². The van der Waals surface area contributed by atoms with Crippen LogP contribution in [0.5, 0.6) is 5.75 Å². The molecular formula is C24H26FN5O. The van der Waals surface area contributed by atoms with E-state index in [2.05, 4.69) is 39.0 Å². The average Bonchev–Trinajstić information content (AvgIpc) is 2.75. The maximum atomic E-state index is 15.5. The molecule has 0 spiro atoms. The van der Waals surface area contributed by atoms with E-state index >= 15 is 4.39 Å². The van der Waals surface area contributed by atoms with Crippen molar-refractivity contribution in [1.29, 1.82) is 0 Å². The van der Waals surface area contributed by atoms with Crippen molar-refractivity contribution in [2.24, 2.45) is 5.92 Å². The highest BCUT2D eigenvalue weighted by molar-refractivity contribution is 5.88. The summed E-state index contributed by atoms with van der Waals surface area (Å²) in [6.45, 7) is 8.32. The van der Waals surface area contributed by atoms with Gasteiger partial charge in [0.2, 0.25) is 0 Å². The molecule has 7 heteroatoms. The Morgan fingerprint density at radius 2 is 2.03 bits per heavy atom. The van der Waals surface area contributed by atoms with Crippen molar-refractivity contribution >= 4 is 16.3 Å². The van der Waals surface area contributed by atoms with Crippen LogP contribution in [-0.2, 0) is 0 Å². The lowest BCUT2D eigenvalue weighted by Gasteiger charge is -2.55. The van der Waals surface area contributed by atoms with E-state index < -0.39 is 11.7 Å². The number of aromatic hydroxyl groups is 1. The molecule has 3 aromatic rings. The molecule has 1 unspecified atom stereocenters. The lowest BCUT2D eigenvalue weighted by molar-refractivity contribution is -0.00602. The maximum absolute atomic E-state index is 15.5. The first-order chi connectivity index (χ1) is 14.8. The molecule has 5 rings (SSSR count). The number of alkyl halides is 1. The number of halogens is 1. The minimum Gasteiger partial charge on any atom is -0.507 e. The maximum Gasteiger partial charge on any atom is 0.185 e. The van der Waals surface area contributed by atoms with Crippen LogP contribution in [0.15, 0.2) is 43.4 Å². The van der Waals surface area contributed by atoms with Crippen molar-refractivity contribution in [2.45, 2.75) is 56.8 Å². The average molecular weight is 420 g/mol. The zero-order valence-electron chi connectivity index (χ0n) is 17.8. The van der Waals surface area contributed by atoms with E-state index in [1.807, 2.05) is 19.1 Å². The van der Waals surface area contributed by atoms with Gasteiger partial charge in [-0.1, -0.05) is 6.58 Å². The van der Waals surface area contributed by atoms with Crippen LogP contribution in [0.2, 0.25) is 0 Å². The summed E-state index contributed by atoms with van der Waals surface area (Å²) < 4.78 is 15.5. The van der Waals surface area contributed by atoms with Gasteiger partial charge >= 0.3 is 0 Å². The number of nitrogens with zero attached hydrogens (tertiary/aromatic N) is 4. The molecule has 1 aromatic carbocycles. The highest BCUT2D eigenvalue weighted by Gasteiger charge is 2.53. The number of aromatic nitrogens is 4. The molecule has 2 N–H and O–H groups in total. The lowest BCUT2D eigenvalue weighted by atomic mass is 9.64. The Labute approximate surface area is 180 Å². The molecule has 0 amide bonds. The second-order valence-electron chi connectivity index (χ2n) is 9.45. The third kappa shape index (κ3) is 3.37. The summed E-state index contributed by atoms with van der Waals surface area (Å²) in [6.07, 6.45) is 7.45. The van der Waals surface area contributed by atoms with Crippen LogP contribution < -0.4 is 5.32 Å². The van der Waals surface area contributed by atoms with Crippen molar-refractivity contribution in [3.63, 3.8) is 0 Å². The fourth-order valence-electron chi connectivity index (χ4n) is 5.39. The van der Waals surface area contributed by atoms with E-state index in [0.29, 0.717) is 29.1 Å². The van der Waals surface area contributed by atoms with E-state index in [9.17, 15) is 5.11 Å². The molecule has 0 saturated carbocycles. The number of phenolic OH excluding ortho intramolecular Hbond substituents is 1. The van der Waals surface area contributed by atoms with Crippen LogP contribution in [0.3, 0.4) is 0 Å². The zero-order valence-corrected chi connectivity index (χ0v) is 17.8. The largest absolute Gasteiger partial charge is 0.507 e. The van der Waals surface area contributed by atoms with Crippen LogP contribution in [-0.4, -0.2) is 42.5 Å². The molecule has 2 bridgehead atoms. The van der Waals surface area contributed by atoms with Gasteiger partial charge in [-0.25, -0.2) is 9.37 Å². The van der Waals surface area contributed by atoms with Gasteiger partial charge in [0, 0.05) is 34.8 Å². The monoisotopic (exact) mass is 419 g/mol. The number of allylic oxidation sites excluding steroid dienone is 1. The summed E-state index contributed by atoms with van der Waals surface area (Å²) in [4.78, 5) is 8.49. The van der Waals surface area contributed by atoms with E-state index in [1.165, 1.54) is 0 Å². The smallest absolute Gasteiger partial charge is 0.185 e. The number of benzene rings is 1. The molecular weight excluding hydrogens is 393 g/mol. The van der Waals surface area contributed by atoms with Gasteiger partial charge < -0.3 is 10.4 Å². The summed E-state index contributed by atoms with van der Waals surface area (Å²) in [5.74, 6) is 0.0375. The van der Waals surface area contributed by atoms with Crippen LogP contribution in [0, 0.1) is 5.92 Å². The molecule has 4 atom stereocenters. The van der Waals surface area contributed by atoms with Crippen molar-refractivity contribution in [2.75, 3.05) is 0 Å². The molecule has 160 valence electrons. The predicted molar refractivity (Wildman–Crippen MR) is 118 cm³/mol. The number of rotatable bonds is 3. The Hall–Kier alpha value is -2.93. The van der Waals surface area contributed by atoms with Crippen LogP contribution in [0.1, 0.15) is 45.2 Å². The molecule has 2 aliphatic rings. The first-order valence-electron chi connectivity index (χ1n) is 10.7. The Balaban J connectivity index is 1.44. The third-order valence-electron chi connectivity index (χ3n) is 6.98. The summed E-state index contributed by atoms with van der Waals surface area (Å²) in [5.41, 5.74) is 0.964. The van der Waals surface area contributed by atoms with Gasteiger partial charge in [0.05, 0.1) is 11.8 Å². The summed E-state index contributed by atoms with van der Waals surface area (Å²) in [7, 11) is 0. The van der Waals surface area contributed by atoms with Gasteiger partial charge in [0.1, 0.15) is 17.6 Å². The van der Waals surface area contributed by atoms with E-state index in [4.69, 9.17) is 0 Å². The Kier molecular flexibility index (Phi) is 4.55. The number of piperidine rings is 2. The molecule has 2 aliphatic heterocycles. The van der Waals surface area contributed by atoms with Crippen LogP contribution in [0.4, 0.5) is 4.39 Å². The zero-order chi connectivity index (χ0) is 21.8. The lowest BCUT2D eigenvalue weighted by Crippen LogP contribution is -2.68. The predicted octanol–water partition coefficient (Wildman–Crippen LogP) is 4.45. The second-order valence-corrected chi connectivity index (χ2v) is 9.45. The van der Waals surface area contributed by atoms with Gasteiger partial charge in [-0.15, -0.1) is 10.2 Å². The minimum absolute atomic E-state index is 0.0599. The molecule has 6 nitrogen and oxygen atoms in total. The van der Waals surface area contributed by atoms with Crippen molar-refractivity contribution < 1.29 is 9.50 Å². The van der Waals surface area contributed by atoms with Gasteiger partial charge in [0.25, 0.3) is 0 Å². The van der Waals surface area contributed by atoms with Crippen LogP contribution in [0.25, 0.3) is 27.7 Å². The number of hydrogen-bond donors (Lipinski definition) is 2. The number of pyridine rings is 1. The number of nitrogens with one attached hydrogen (secondary N) is 1. The normalized spacial score (nSPS) is 30.3. The van der Waals surface area contributed by atoms with Gasteiger partial charge in [0.15, 0.2) is 5.82 Å². The molecule has 0 aliphatic carbocycles. The second kappa shape index (κ2) is 7.05. The number of hydrogen-bond acceptors (Lipinski definition) is 6. The Bertz CT molecular complexity index is 1170. The standard InChI is InChI=1S/C24H26FN5O/c1-14(18-11-23(2)6-4-7-24(3,30-23)21(18)25)19-13-27-22(29-28-19)17-9-15-5-8-26-12-16(15)10-20(17)31/h5,8-10,12-13,18,21,30-31H,1,4,6-7,11H2,2-3H3/t18?,21-,23+,24-/m0/s1. The minimum atomic E-state index is -1.05. The van der Waals surface area contributed by atoms with Crippen molar-refractivity contribution in [3.05, 3.63) is 49.1 Å².